The number of anilines is 1. The normalized spacial score (nSPS) is 13.8. The smallest absolute Gasteiger partial charge is 0.289 e. The predicted octanol–water partition coefficient (Wildman–Crippen LogP) is 4.24. The van der Waals surface area contributed by atoms with E-state index >= 15 is 0 Å². The Balaban J connectivity index is 1.58. The summed E-state index contributed by atoms with van der Waals surface area (Å²) in [4.78, 5) is 14.4. The average molecular weight is 431 g/mol. The number of fused-ring (bicyclic) bond motifs is 1. The lowest BCUT2D eigenvalue weighted by atomic mass is 9.99. The summed E-state index contributed by atoms with van der Waals surface area (Å²) in [6.45, 7) is 2.69. The predicted molar refractivity (Wildman–Crippen MR) is 111 cm³/mol. The van der Waals surface area contributed by atoms with Crippen molar-refractivity contribution in [3.63, 3.8) is 0 Å². The lowest BCUT2D eigenvalue weighted by molar-refractivity contribution is 0.0702. The van der Waals surface area contributed by atoms with Crippen LogP contribution in [0.25, 0.3) is 0 Å². The van der Waals surface area contributed by atoms with Gasteiger partial charge < -0.3 is 9.32 Å². The van der Waals surface area contributed by atoms with Crippen molar-refractivity contribution in [2.75, 3.05) is 11.3 Å². The van der Waals surface area contributed by atoms with Crippen LogP contribution in [0.15, 0.2) is 64.1 Å². The fourth-order valence-electron chi connectivity index (χ4n) is 3.42. The van der Waals surface area contributed by atoms with Gasteiger partial charge in [-0.1, -0.05) is 23.7 Å². The van der Waals surface area contributed by atoms with Crippen molar-refractivity contribution in [1.82, 2.24) is 4.90 Å². The summed E-state index contributed by atoms with van der Waals surface area (Å²) in [5, 5.41) is 0.355. The van der Waals surface area contributed by atoms with Crippen LogP contribution in [0.5, 0.6) is 0 Å². The molecule has 1 N–H and O–H groups in total. The lowest BCUT2D eigenvalue weighted by Crippen LogP contribution is -2.35. The Morgan fingerprint density at radius 1 is 1.14 bits per heavy atom. The monoisotopic (exact) mass is 430 g/mol. The molecule has 8 heteroatoms. The first-order chi connectivity index (χ1) is 13.8. The molecule has 0 radical (unpaired) electrons. The van der Waals surface area contributed by atoms with Crippen molar-refractivity contribution in [2.45, 2.75) is 24.8 Å². The van der Waals surface area contributed by atoms with Crippen molar-refractivity contribution in [1.29, 1.82) is 0 Å². The fourth-order valence-corrected chi connectivity index (χ4v) is 4.98. The molecule has 150 valence electrons. The third kappa shape index (κ3) is 4.02. The molecule has 0 spiro atoms. The SMILES string of the molecule is Cc1ccc(Cl)cc1S(=O)(=O)Nc1ccc2c(c1)CN(C(=O)c1ccco1)CC2. The summed E-state index contributed by atoms with van der Waals surface area (Å²) in [7, 11) is -3.79. The molecule has 0 unspecified atom stereocenters. The van der Waals surface area contributed by atoms with Crippen LogP contribution in [-0.4, -0.2) is 25.8 Å². The van der Waals surface area contributed by atoms with Gasteiger partial charge in [0.2, 0.25) is 0 Å². The minimum absolute atomic E-state index is 0.136. The number of halogens is 1. The number of hydrogen-bond acceptors (Lipinski definition) is 4. The Hall–Kier alpha value is -2.77. The Kier molecular flexibility index (Phi) is 5.10. The van der Waals surface area contributed by atoms with Crippen LogP contribution in [0.3, 0.4) is 0 Å². The third-order valence-corrected chi connectivity index (χ3v) is 6.69. The minimum atomic E-state index is -3.79. The molecule has 0 saturated heterocycles. The number of benzene rings is 2. The standard InChI is InChI=1S/C21H19ClN2O4S/c1-14-4-6-17(22)12-20(14)29(26,27)23-18-7-5-15-8-9-24(13-16(15)11-18)21(25)19-3-2-10-28-19/h2-7,10-12,23H,8-9,13H2,1H3. The second-order valence-corrected chi connectivity index (χ2v) is 9.04. The number of aryl methyl sites for hydroxylation is 1. The van der Waals surface area contributed by atoms with Gasteiger partial charge in [-0.25, -0.2) is 8.42 Å². The Morgan fingerprint density at radius 3 is 2.72 bits per heavy atom. The maximum absolute atomic E-state index is 12.8. The van der Waals surface area contributed by atoms with E-state index in [2.05, 4.69) is 4.72 Å². The highest BCUT2D eigenvalue weighted by Crippen LogP contribution is 2.27. The number of carbonyl (C=O) groups is 1. The molecule has 0 bridgehead atoms. The molecule has 2 heterocycles. The first-order valence-corrected chi connectivity index (χ1v) is 10.9. The van der Waals surface area contributed by atoms with Crippen molar-refractivity contribution in [3.05, 3.63) is 82.3 Å². The van der Waals surface area contributed by atoms with Gasteiger partial charge in [-0.2, -0.15) is 0 Å². The van der Waals surface area contributed by atoms with E-state index in [9.17, 15) is 13.2 Å². The molecular formula is C21H19ClN2O4S. The molecule has 6 nitrogen and oxygen atoms in total. The number of nitrogens with zero attached hydrogens (tertiary/aromatic N) is 1. The van der Waals surface area contributed by atoms with E-state index in [1.165, 1.54) is 12.3 Å². The number of carbonyl (C=O) groups excluding carboxylic acids is 1. The topological polar surface area (TPSA) is 79.6 Å². The van der Waals surface area contributed by atoms with Crippen LogP contribution in [0.1, 0.15) is 27.2 Å². The molecule has 29 heavy (non-hydrogen) atoms. The zero-order valence-corrected chi connectivity index (χ0v) is 17.3. The van der Waals surface area contributed by atoms with Gasteiger partial charge in [0.25, 0.3) is 15.9 Å². The quantitative estimate of drug-likeness (QED) is 0.671. The van der Waals surface area contributed by atoms with Crippen molar-refractivity contribution >= 4 is 33.2 Å². The first-order valence-electron chi connectivity index (χ1n) is 9.07. The maximum Gasteiger partial charge on any atom is 0.289 e. The number of sulfonamides is 1. The second-order valence-electron chi connectivity index (χ2n) is 6.95. The molecule has 4 rings (SSSR count). The number of nitrogens with one attached hydrogen (secondary N) is 1. The second kappa shape index (κ2) is 7.57. The molecule has 1 aliphatic heterocycles. The molecule has 1 aliphatic rings. The molecule has 0 aliphatic carbocycles. The molecular weight excluding hydrogens is 412 g/mol. The van der Waals surface area contributed by atoms with Gasteiger partial charge in [-0.3, -0.25) is 9.52 Å². The molecule has 0 fully saturated rings. The highest BCUT2D eigenvalue weighted by Gasteiger charge is 2.24. The number of furan rings is 1. The van der Waals surface area contributed by atoms with Gasteiger partial charge in [0.1, 0.15) is 0 Å². The van der Waals surface area contributed by atoms with E-state index < -0.39 is 10.0 Å². The van der Waals surface area contributed by atoms with Crippen molar-refractivity contribution in [3.8, 4) is 0 Å². The summed E-state index contributed by atoms with van der Waals surface area (Å²) < 4.78 is 33.5. The Bertz CT molecular complexity index is 1170. The molecule has 0 saturated carbocycles. The van der Waals surface area contributed by atoms with Crippen LogP contribution in [-0.2, 0) is 23.0 Å². The number of rotatable bonds is 4. The highest BCUT2D eigenvalue weighted by atomic mass is 35.5. The first kappa shape index (κ1) is 19.5. The van der Waals surface area contributed by atoms with Crippen molar-refractivity contribution < 1.29 is 17.6 Å². The van der Waals surface area contributed by atoms with Crippen LogP contribution in [0, 0.1) is 6.92 Å². The Morgan fingerprint density at radius 2 is 1.97 bits per heavy atom. The largest absolute Gasteiger partial charge is 0.459 e. The van der Waals surface area contributed by atoms with Crippen molar-refractivity contribution in [2.24, 2.45) is 0 Å². The number of hydrogen-bond donors (Lipinski definition) is 1. The van der Waals surface area contributed by atoms with E-state index in [1.54, 1.807) is 48.2 Å². The highest BCUT2D eigenvalue weighted by molar-refractivity contribution is 7.92. The van der Waals surface area contributed by atoms with E-state index in [-0.39, 0.29) is 10.8 Å². The molecule has 3 aromatic rings. The van der Waals surface area contributed by atoms with Crippen LogP contribution >= 0.6 is 11.6 Å². The van der Waals surface area contributed by atoms with Gasteiger partial charge in [0.15, 0.2) is 5.76 Å². The third-order valence-electron chi connectivity index (χ3n) is 4.93. The van der Waals surface area contributed by atoms with E-state index in [0.29, 0.717) is 41.5 Å². The van der Waals surface area contributed by atoms with E-state index in [1.807, 2.05) is 6.07 Å². The fraction of sp³-hybridized carbons (Fsp3) is 0.190. The summed E-state index contributed by atoms with van der Waals surface area (Å²) in [5.74, 6) is 0.114. The van der Waals surface area contributed by atoms with Crippen LogP contribution in [0.4, 0.5) is 5.69 Å². The average Bonchev–Trinajstić information content (AvgIpc) is 3.23. The van der Waals surface area contributed by atoms with Gasteiger partial charge in [0, 0.05) is 23.8 Å². The summed E-state index contributed by atoms with van der Waals surface area (Å²) in [6, 6.07) is 13.5. The van der Waals surface area contributed by atoms with Gasteiger partial charge in [-0.05, 0) is 66.4 Å². The molecule has 0 atom stereocenters. The van der Waals surface area contributed by atoms with E-state index in [0.717, 1.165) is 11.1 Å². The minimum Gasteiger partial charge on any atom is -0.459 e. The summed E-state index contributed by atoms with van der Waals surface area (Å²) in [5.41, 5.74) is 3.04. The molecule has 1 aromatic heterocycles. The van der Waals surface area contributed by atoms with Gasteiger partial charge in [0.05, 0.1) is 11.2 Å². The Labute approximate surface area is 174 Å². The van der Waals surface area contributed by atoms with Crippen LogP contribution < -0.4 is 4.72 Å². The zero-order valence-electron chi connectivity index (χ0n) is 15.7. The van der Waals surface area contributed by atoms with Gasteiger partial charge >= 0.3 is 0 Å². The maximum atomic E-state index is 12.8. The zero-order chi connectivity index (χ0) is 20.6. The lowest BCUT2D eigenvalue weighted by Gasteiger charge is -2.28. The van der Waals surface area contributed by atoms with E-state index in [4.69, 9.17) is 16.0 Å². The van der Waals surface area contributed by atoms with Gasteiger partial charge in [-0.15, -0.1) is 0 Å². The number of amides is 1. The molecule has 2 aromatic carbocycles. The summed E-state index contributed by atoms with van der Waals surface area (Å²) >= 11 is 5.97. The van der Waals surface area contributed by atoms with Crippen LogP contribution in [0.2, 0.25) is 5.02 Å². The summed E-state index contributed by atoms with van der Waals surface area (Å²) in [6.07, 6.45) is 2.16. The molecule has 1 amide bonds.